The van der Waals surface area contributed by atoms with Gasteiger partial charge in [0.2, 0.25) is 0 Å². The second-order valence-electron chi connectivity index (χ2n) is 8.10. The van der Waals surface area contributed by atoms with Crippen LogP contribution in [-0.4, -0.2) is 86.8 Å². The third kappa shape index (κ3) is 4.74. The van der Waals surface area contributed by atoms with Gasteiger partial charge in [0.1, 0.15) is 17.1 Å². The van der Waals surface area contributed by atoms with Crippen LogP contribution in [0.3, 0.4) is 0 Å². The van der Waals surface area contributed by atoms with E-state index >= 15 is 0 Å². The predicted octanol–water partition coefficient (Wildman–Crippen LogP) is 3.36. The lowest BCUT2D eigenvalue weighted by Gasteiger charge is -2.36. The fourth-order valence-corrected chi connectivity index (χ4v) is 4.17. The van der Waals surface area contributed by atoms with Gasteiger partial charge in [-0.2, -0.15) is 0 Å². The summed E-state index contributed by atoms with van der Waals surface area (Å²) in [5, 5.41) is 0.531. The van der Waals surface area contributed by atoms with E-state index in [0.717, 1.165) is 56.2 Å². The van der Waals surface area contributed by atoms with Crippen molar-refractivity contribution in [3.8, 4) is 22.8 Å². The first-order chi connectivity index (χ1) is 15.0. The van der Waals surface area contributed by atoms with Crippen molar-refractivity contribution in [2.45, 2.75) is 0 Å². The number of hydrogen-bond donors (Lipinski definition) is 0. The van der Waals surface area contributed by atoms with Crippen molar-refractivity contribution in [1.29, 1.82) is 0 Å². The van der Waals surface area contributed by atoms with Crippen molar-refractivity contribution in [2.24, 2.45) is 0 Å². The topological polar surface area (TPSA) is 45.5 Å². The van der Waals surface area contributed by atoms with Crippen molar-refractivity contribution < 1.29 is 9.47 Å². The van der Waals surface area contributed by atoms with Crippen LogP contribution in [-0.2, 0) is 0 Å². The molecule has 0 unspecified atom stereocenters. The number of imidazole rings is 1. The van der Waals surface area contributed by atoms with Crippen LogP contribution in [0.2, 0.25) is 5.02 Å². The zero-order chi connectivity index (χ0) is 22.0. The molecule has 0 aliphatic carbocycles. The average Bonchev–Trinajstić information content (AvgIpc) is 3.21. The smallest absolute Gasteiger partial charge is 0.141 e. The summed E-state index contributed by atoms with van der Waals surface area (Å²) in [7, 11) is 7.48. The zero-order valence-electron chi connectivity index (χ0n) is 18.6. The van der Waals surface area contributed by atoms with Gasteiger partial charge in [-0.1, -0.05) is 11.6 Å². The molecular weight excluding hydrogens is 414 g/mol. The summed E-state index contributed by atoms with van der Waals surface area (Å²) in [4.78, 5) is 12.1. The van der Waals surface area contributed by atoms with Gasteiger partial charge in [-0.05, 0) is 26.2 Å². The Hall–Kier alpha value is -2.48. The molecule has 3 aromatic rings. The summed E-state index contributed by atoms with van der Waals surface area (Å²) >= 11 is 6.36. The summed E-state index contributed by atoms with van der Waals surface area (Å²) < 4.78 is 12.9. The first-order valence-electron chi connectivity index (χ1n) is 10.5. The van der Waals surface area contributed by atoms with Crippen molar-refractivity contribution in [2.75, 3.05) is 72.5 Å². The Kier molecular flexibility index (Phi) is 6.55. The number of nitrogens with zero attached hydrogens (tertiary/aromatic N) is 5. The van der Waals surface area contributed by atoms with Gasteiger partial charge < -0.3 is 23.7 Å². The highest BCUT2D eigenvalue weighted by atomic mass is 35.5. The Bertz CT molecular complexity index is 1040. The summed E-state index contributed by atoms with van der Waals surface area (Å²) in [5.41, 5.74) is 3.76. The highest BCUT2D eigenvalue weighted by Gasteiger charge is 2.19. The first kappa shape index (κ1) is 21.7. The highest BCUT2D eigenvalue weighted by Crippen LogP contribution is 2.38. The minimum Gasteiger partial charge on any atom is -0.496 e. The van der Waals surface area contributed by atoms with Crippen LogP contribution in [0.15, 0.2) is 36.7 Å². The highest BCUT2D eigenvalue weighted by molar-refractivity contribution is 6.32. The molecule has 1 aliphatic heterocycles. The average molecular weight is 444 g/mol. The zero-order valence-corrected chi connectivity index (χ0v) is 19.4. The van der Waals surface area contributed by atoms with Crippen LogP contribution in [0.1, 0.15) is 0 Å². The van der Waals surface area contributed by atoms with E-state index in [1.807, 2.05) is 16.7 Å². The van der Waals surface area contributed by atoms with Gasteiger partial charge in [0, 0.05) is 75.0 Å². The number of hydrogen-bond acceptors (Lipinski definition) is 6. The number of likely N-dealkylation sites (N-methyl/N-ethyl adjacent to an activating group) is 1. The van der Waals surface area contributed by atoms with E-state index in [0.29, 0.717) is 16.5 Å². The molecule has 3 heterocycles. The lowest BCUT2D eigenvalue weighted by Crippen LogP contribution is -2.48. The number of ether oxygens (including phenoxy) is 2. The van der Waals surface area contributed by atoms with E-state index in [1.165, 1.54) is 5.69 Å². The molecule has 0 N–H and O–H groups in total. The number of halogens is 1. The Balaban J connectivity index is 1.54. The molecule has 0 amide bonds. The maximum Gasteiger partial charge on any atom is 0.141 e. The number of pyridine rings is 1. The van der Waals surface area contributed by atoms with Gasteiger partial charge in [-0.15, -0.1) is 0 Å². The first-order valence-corrected chi connectivity index (χ1v) is 10.9. The second-order valence-corrected chi connectivity index (χ2v) is 8.50. The lowest BCUT2D eigenvalue weighted by molar-refractivity contribution is 0.229. The molecule has 0 saturated carbocycles. The number of aromatic nitrogens is 2. The molecule has 0 atom stereocenters. The third-order valence-corrected chi connectivity index (χ3v) is 6.09. The van der Waals surface area contributed by atoms with Gasteiger partial charge in [0.15, 0.2) is 0 Å². The van der Waals surface area contributed by atoms with Gasteiger partial charge in [0.05, 0.1) is 24.9 Å². The fraction of sp³-hybridized carbons (Fsp3) is 0.435. The molecule has 2 aromatic heterocycles. The number of benzene rings is 1. The number of methoxy groups -OCH3 is 2. The van der Waals surface area contributed by atoms with E-state index in [9.17, 15) is 0 Å². The van der Waals surface area contributed by atoms with E-state index in [4.69, 9.17) is 26.1 Å². The number of fused-ring (bicyclic) bond motifs is 1. The minimum atomic E-state index is 0.531. The van der Waals surface area contributed by atoms with Crippen LogP contribution in [0.25, 0.3) is 16.9 Å². The lowest BCUT2D eigenvalue weighted by atomic mass is 10.1. The molecule has 8 heteroatoms. The molecular formula is C23H30ClN5O2. The Morgan fingerprint density at radius 2 is 1.77 bits per heavy atom. The Morgan fingerprint density at radius 1 is 1.03 bits per heavy atom. The summed E-state index contributed by atoms with van der Waals surface area (Å²) in [5.74, 6) is 1.26. The predicted molar refractivity (Wildman–Crippen MR) is 126 cm³/mol. The normalized spacial score (nSPS) is 15.1. The summed E-state index contributed by atoms with van der Waals surface area (Å²) in [6, 6.07) is 7.94. The van der Waals surface area contributed by atoms with E-state index in [-0.39, 0.29) is 0 Å². The minimum absolute atomic E-state index is 0.531. The molecule has 0 radical (unpaired) electrons. The SMILES string of the molecule is COc1cc(OC)c(-c2cn3ccc(N4CCN(CCN(C)C)CC4)cc3n2)cc1Cl. The van der Waals surface area contributed by atoms with Crippen molar-refractivity contribution >= 4 is 22.9 Å². The number of piperazine rings is 1. The van der Waals surface area contributed by atoms with Gasteiger partial charge in [0.25, 0.3) is 0 Å². The Labute approximate surface area is 188 Å². The molecule has 1 saturated heterocycles. The fourth-order valence-electron chi connectivity index (χ4n) is 3.93. The molecule has 7 nitrogen and oxygen atoms in total. The Morgan fingerprint density at radius 3 is 2.45 bits per heavy atom. The second kappa shape index (κ2) is 9.34. The standard InChI is InChI=1S/C23H30ClN5O2/c1-26(2)7-8-27-9-11-28(12-10-27)17-5-6-29-16-20(25-23(29)13-17)18-14-19(24)22(31-4)15-21(18)30-3/h5-6,13-16H,7-12H2,1-4H3. The quantitative estimate of drug-likeness (QED) is 0.558. The maximum absolute atomic E-state index is 6.36. The largest absolute Gasteiger partial charge is 0.496 e. The van der Waals surface area contributed by atoms with Gasteiger partial charge in [-0.3, -0.25) is 4.90 Å². The molecule has 4 rings (SSSR count). The number of anilines is 1. The van der Waals surface area contributed by atoms with E-state index in [2.05, 4.69) is 47.1 Å². The van der Waals surface area contributed by atoms with Crippen molar-refractivity contribution in [3.05, 3.63) is 41.7 Å². The van der Waals surface area contributed by atoms with Crippen molar-refractivity contribution in [3.63, 3.8) is 0 Å². The van der Waals surface area contributed by atoms with Gasteiger partial charge >= 0.3 is 0 Å². The molecule has 1 aromatic carbocycles. The van der Waals surface area contributed by atoms with Crippen LogP contribution in [0.5, 0.6) is 11.5 Å². The summed E-state index contributed by atoms with van der Waals surface area (Å²) in [6.45, 7) is 6.44. The van der Waals surface area contributed by atoms with E-state index < -0.39 is 0 Å². The third-order valence-electron chi connectivity index (χ3n) is 5.79. The molecule has 31 heavy (non-hydrogen) atoms. The van der Waals surface area contributed by atoms with Crippen LogP contribution >= 0.6 is 11.6 Å². The van der Waals surface area contributed by atoms with E-state index in [1.54, 1.807) is 20.3 Å². The monoisotopic (exact) mass is 443 g/mol. The molecule has 1 fully saturated rings. The van der Waals surface area contributed by atoms with Crippen molar-refractivity contribution in [1.82, 2.24) is 19.2 Å². The molecule has 0 spiro atoms. The van der Waals surface area contributed by atoms with Crippen LogP contribution < -0.4 is 14.4 Å². The van der Waals surface area contributed by atoms with Crippen LogP contribution in [0.4, 0.5) is 5.69 Å². The van der Waals surface area contributed by atoms with Crippen LogP contribution in [0, 0.1) is 0 Å². The molecule has 166 valence electrons. The number of rotatable bonds is 7. The molecule has 0 bridgehead atoms. The maximum atomic E-state index is 6.36. The summed E-state index contributed by atoms with van der Waals surface area (Å²) in [6.07, 6.45) is 4.07. The molecule has 1 aliphatic rings. The van der Waals surface area contributed by atoms with Gasteiger partial charge in [-0.25, -0.2) is 4.98 Å².